The van der Waals surface area contributed by atoms with Crippen LogP contribution in [0, 0.1) is 5.82 Å². The smallest absolute Gasteiger partial charge is 0.270 e. The first-order valence-corrected chi connectivity index (χ1v) is 11.9. The summed E-state index contributed by atoms with van der Waals surface area (Å²) in [6.45, 7) is 2.95. The van der Waals surface area contributed by atoms with Gasteiger partial charge in [0.1, 0.15) is 23.2 Å². The van der Waals surface area contributed by atoms with Crippen LogP contribution in [0.1, 0.15) is 33.5 Å². The summed E-state index contributed by atoms with van der Waals surface area (Å²) < 4.78 is 20.7. The van der Waals surface area contributed by atoms with Crippen LogP contribution in [0.25, 0.3) is 5.65 Å². The Balaban J connectivity index is 1.30. The van der Waals surface area contributed by atoms with Gasteiger partial charge in [-0.1, -0.05) is 6.07 Å². The molecule has 13 nitrogen and oxygen atoms in total. The summed E-state index contributed by atoms with van der Waals surface area (Å²) in [7, 11) is 1.93. The van der Waals surface area contributed by atoms with Gasteiger partial charge in [-0.2, -0.15) is 5.10 Å². The Morgan fingerprint density at radius 3 is 2.79 bits per heavy atom. The monoisotopic (exact) mass is 524 g/mol. The number of halogens is 1. The average molecular weight is 525 g/mol. The van der Waals surface area contributed by atoms with Crippen LogP contribution in [-0.2, 0) is 16.1 Å². The Hall–Kier alpha value is -4.59. The van der Waals surface area contributed by atoms with Crippen molar-refractivity contribution in [2.24, 2.45) is 0 Å². The van der Waals surface area contributed by atoms with E-state index in [2.05, 4.69) is 31.3 Å². The van der Waals surface area contributed by atoms with Crippen molar-refractivity contribution in [2.45, 2.75) is 25.6 Å². The van der Waals surface area contributed by atoms with Crippen LogP contribution in [0.3, 0.4) is 0 Å². The van der Waals surface area contributed by atoms with E-state index in [0.29, 0.717) is 17.0 Å². The van der Waals surface area contributed by atoms with Gasteiger partial charge in [0.15, 0.2) is 18.1 Å². The highest BCUT2D eigenvalue weighted by Gasteiger charge is 2.28. The second-order valence-electron chi connectivity index (χ2n) is 9.23. The summed E-state index contributed by atoms with van der Waals surface area (Å²) in [6.07, 6.45) is 0.882. The lowest BCUT2D eigenvalue weighted by Gasteiger charge is -2.37. The Morgan fingerprint density at radius 2 is 2.03 bits per heavy atom. The molecular formula is C24H25FN8O5. The van der Waals surface area contributed by atoms with E-state index in [0.717, 1.165) is 23.8 Å². The number of fused-ring (bicyclic) bond motifs is 2. The predicted octanol–water partition coefficient (Wildman–Crippen LogP) is -0.322. The molecule has 0 spiro atoms. The summed E-state index contributed by atoms with van der Waals surface area (Å²) in [5, 5.41) is 14.6. The number of carbonyl (C=O) groups is 4. The van der Waals surface area contributed by atoms with E-state index < -0.39 is 23.7 Å². The Bertz CT molecular complexity index is 1450. The van der Waals surface area contributed by atoms with Crippen LogP contribution in [0.2, 0.25) is 0 Å². The van der Waals surface area contributed by atoms with Crippen molar-refractivity contribution >= 4 is 35.0 Å². The highest BCUT2D eigenvalue weighted by atomic mass is 19.1. The summed E-state index contributed by atoms with van der Waals surface area (Å²) in [5.74, 6) is -2.35. The highest BCUT2D eigenvalue weighted by molar-refractivity contribution is 6.00. The minimum Gasteiger partial charge on any atom is -0.482 e. The topological polar surface area (TPSA) is 159 Å². The third kappa shape index (κ3) is 5.11. The molecule has 2 aliphatic rings. The predicted molar refractivity (Wildman–Crippen MR) is 131 cm³/mol. The first-order chi connectivity index (χ1) is 18.2. The third-order valence-corrected chi connectivity index (χ3v) is 6.18. The van der Waals surface area contributed by atoms with E-state index in [9.17, 15) is 23.6 Å². The number of likely N-dealkylation sites (N-methyl/N-ethyl adjacent to an activating group) is 1. The molecule has 0 radical (unpaired) electrons. The molecule has 0 saturated carbocycles. The van der Waals surface area contributed by atoms with Gasteiger partial charge in [0, 0.05) is 25.7 Å². The van der Waals surface area contributed by atoms with Crippen LogP contribution in [0.5, 0.6) is 5.75 Å². The highest BCUT2D eigenvalue weighted by Crippen LogP contribution is 2.28. The Kier molecular flexibility index (Phi) is 6.63. The number of anilines is 1. The van der Waals surface area contributed by atoms with Crippen LogP contribution in [0.15, 0.2) is 30.5 Å². The minimum absolute atomic E-state index is 0.00825. The molecule has 2 aliphatic heterocycles. The van der Waals surface area contributed by atoms with Gasteiger partial charge in [-0.15, -0.1) is 0 Å². The first kappa shape index (κ1) is 25.1. The lowest BCUT2D eigenvalue weighted by Crippen LogP contribution is -2.60. The zero-order valence-corrected chi connectivity index (χ0v) is 20.6. The zero-order chi connectivity index (χ0) is 27.0. The third-order valence-electron chi connectivity index (χ3n) is 6.18. The number of rotatable bonds is 7. The molecule has 2 aromatic heterocycles. The van der Waals surface area contributed by atoms with Crippen LogP contribution >= 0.6 is 0 Å². The molecule has 198 valence electrons. The molecule has 1 atom stereocenters. The summed E-state index contributed by atoms with van der Waals surface area (Å²) in [5.41, 5.74) is 0.448. The molecule has 4 amide bonds. The van der Waals surface area contributed by atoms with Gasteiger partial charge in [0.25, 0.3) is 17.7 Å². The number of amides is 4. The quantitative estimate of drug-likeness (QED) is 0.327. The normalized spacial score (nSPS) is 16.0. The summed E-state index contributed by atoms with van der Waals surface area (Å²) in [6, 6.07) is 5.35. The molecule has 38 heavy (non-hydrogen) atoms. The van der Waals surface area contributed by atoms with Gasteiger partial charge in [-0.05, 0) is 31.7 Å². The lowest BCUT2D eigenvalue weighted by atomic mass is 10.1. The molecule has 5 rings (SSSR count). The fourth-order valence-corrected chi connectivity index (χ4v) is 4.18. The largest absolute Gasteiger partial charge is 0.482 e. The second-order valence-corrected chi connectivity index (χ2v) is 9.23. The molecule has 4 heterocycles. The molecule has 4 N–H and O–H groups in total. The number of hydrogen-bond acceptors (Lipinski definition) is 8. The van der Waals surface area contributed by atoms with E-state index in [1.54, 1.807) is 18.2 Å². The molecule has 1 saturated heterocycles. The Labute approximate surface area is 215 Å². The fourth-order valence-electron chi connectivity index (χ4n) is 4.18. The number of hydrogen-bond donors (Lipinski definition) is 4. The van der Waals surface area contributed by atoms with Crippen molar-refractivity contribution in [2.75, 3.05) is 32.1 Å². The van der Waals surface area contributed by atoms with Gasteiger partial charge in [0.05, 0.1) is 17.9 Å². The van der Waals surface area contributed by atoms with Gasteiger partial charge >= 0.3 is 0 Å². The van der Waals surface area contributed by atoms with Crippen LogP contribution in [0.4, 0.5) is 10.1 Å². The van der Waals surface area contributed by atoms with Gasteiger partial charge in [0.2, 0.25) is 5.91 Å². The maximum atomic E-state index is 14.4. The zero-order valence-electron chi connectivity index (χ0n) is 20.6. The van der Waals surface area contributed by atoms with E-state index in [4.69, 9.17) is 4.74 Å². The molecule has 14 heteroatoms. The molecule has 3 aromatic rings. The van der Waals surface area contributed by atoms with Gasteiger partial charge in [-0.25, -0.2) is 13.9 Å². The molecule has 0 bridgehead atoms. The number of nitrogens with zero attached hydrogens (tertiary/aromatic N) is 4. The fraction of sp³-hybridized carbons (Fsp3) is 0.333. The lowest BCUT2D eigenvalue weighted by molar-refractivity contribution is -0.124. The van der Waals surface area contributed by atoms with Crippen LogP contribution in [-0.4, -0.2) is 82.0 Å². The number of carbonyl (C=O) groups excluding carboxylic acids is 4. The second kappa shape index (κ2) is 10.0. The van der Waals surface area contributed by atoms with Crippen molar-refractivity contribution in [1.82, 2.24) is 35.4 Å². The van der Waals surface area contributed by atoms with E-state index in [-0.39, 0.29) is 48.0 Å². The molecule has 0 aliphatic carbocycles. The van der Waals surface area contributed by atoms with Gasteiger partial charge < -0.3 is 30.9 Å². The van der Waals surface area contributed by atoms with Gasteiger partial charge in [-0.3, -0.25) is 19.2 Å². The van der Waals surface area contributed by atoms with Crippen molar-refractivity contribution in [3.63, 3.8) is 0 Å². The molecular weight excluding hydrogens is 499 g/mol. The van der Waals surface area contributed by atoms with Crippen molar-refractivity contribution < 1.29 is 28.3 Å². The average Bonchev–Trinajstić information content (AvgIpc) is 3.25. The number of likely N-dealkylation sites (tertiary alicyclic amines) is 1. The number of ether oxygens (including phenoxy) is 1. The number of aromatic nitrogens is 3. The maximum Gasteiger partial charge on any atom is 0.270 e. The van der Waals surface area contributed by atoms with E-state index >= 15 is 0 Å². The molecule has 1 aromatic carbocycles. The van der Waals surface area contributed by atoms with Crippen molar-refractivity contribution in [3.05, 3.63) is 53.2 Å². The summed E-state index contributed by atoms with van der Waals surface area (Å²) in [4.78, 5) is 56.0. The standard InChI is InChI=1S/C24H25FN8O5/c1-12(22(35)29-14-9-32(2)10-14)28-24(37)18-6-17(31-21-15(25)8-27-33(18)21)23(36)26-7-13-3-4-19-16(5-13)30-20(34)11-38-19/h3-6,8,12,14H,7,9-11H2,1-2H3,(H,26,36)(H,28,37)(H,29,35)(H,30,34)/t12-/m0/s1. The van der Waals surface area contributed by atoms with Crippen molar-refractivity contribution in [3.8, 4) is 5.75 Å². The first-order valence-electron chi connectivity index (χ1n) is 11.9. The Morgan fingerprint density at radius 1 is 1.24 bits per heavy atom. The minimum atomic E-state index is -0.886. The van der Waals surface area contributed by atoms with Crippen LogP contribution < -0.4 is 26.0 Å². The molecule has 0 unspecified atom stereocenters. The van der Waals surface area contributed by atoms with Crippen molar-refractivity contribution in [1.29, 1.82) is 0 Å². The van der Waals surface area contributed by atoms with E-state index in [1.807, 2.05) is 11.9 Å². The molecule has 1 fully saturated rings. The van der Waals surface area contributed by atoms with E-state index in [1.165, 1.54) is 13.0 Å². The number of nitrogens with one attached hydrogen (secondary N) is 4. The maximum absolute atomic E-state index is 14.4. The SMILES string of the molecule is C[C@H](NC(=O)c1cc(C(=O)NCc2ccc3c(c2)NC(=O)CO3)nc2c(F)cnn12)C(=O)NC1CN(C)C1. The summed E-state index contributed by atoms with van der Waals surface area (Å²) >= 11 is 0. The number of benzene rings is 1.